The van der Waals surface area contributed by atoms with E-state index in [1.165, 1.54) is 15.6 Å². The predicted molar refractivity (Wildman–Crippen MR) is 110 cm³/mol. The zero-order valence-electron chi connectivity index (χ0n) is 15.2. The molecule has 1 atom stereocenters. The van der Waals surface area contributed by atoms with Gasteiger partial charge in [-0.25, -0.2) is 13.4 Å². The molecule has 4 heterocycles. The Morgan fingerprint density at radius 2 is 2.03 bits per heavy atom. The van der Waals surface area contributed by atoms with Gasteiger partial charge in [0.05, 0.1) is 10.2 Å². The van der Waals surface area contributed by atoms with Gasteiger partial charge in [0, 0.05) is 18.7 Å². The van der Waals surface area contributed by atoms with Crippen LogP contribution in [0.15, 0.2) is 33.9 Å². The van der Waals surface area contributed by atoms with Gasteiger partial charge < -0.3 is 14.8 Å². The third-order valence-corrected chi connectivity index (χ3v) is 9.06. The average Bonchev–Trinajstić information content (AvgIpc) is 3.46. The minimum Gasteiger partial charge on any atom is -0.486 e. The molecule has 0 saturated carbocycles. The number of rotatable bonds is 4. The second-order valence-corrected chi connectivity index (χ2v) is 10.8. The molecule has 3 aromatic rings. The van der Waals surface area contributed by atoms with E-state index in [0.717, 1.165) is 16.0 Å². The Kier molecular flexibility index (Phi) is 4.69. The summed E-state index contributed by atoms with van der Waals surface area (Å²) in [5, 5.41) is 4.93. The summed E-state index contributed by atoms with van der Waals surface area (Å²) >= 11 is 2.47. The summed E-state index contributed by atoms with van der Waals surface area (Å²) in [6.07, 6.45) is 1.13. The van der Waals surface area contributed by atoms with E-state index in [1.807, 2.05) is 6.07 Å². The minimum absolute atomic E-state index is 0.253. The van der Waals surface area contributed by atoms with E-state index < -0.39 is 16.1 Å². The van der Waals surface area contributed by atoms with Gasteiger partial charge in [0.15, 0.2) is 16.6 Å². The number of nitrogens with zero attached hydrogens (tertiary/aromatic N) is 2. The Balaban J connectivity index is 1.38. The highest BCUT2D eigenvalue weighted by Gasteiger charge is 2.40. The highest BCUT2D eigenvalue weighted by Crippen LogP contribution is 2.38. The van der Waals surface area contributed by atoms with Crippen molar-refractivity contribution in [1.82, 2.24) is 9.29 Å². The van der Waals surface area contributed by atoms with Crippen molar-refractivity contribution >= 4 is 54.0 Å². The van der Waals surface area contributed by atoms with Gasteiger partial charge in [-0.05, 0) is 24.3 Å². The summed E-state index contributed by atoms with van der Waals surface area (Å²) in [5.41, 5.74) is 0.698. The topological polar surface area (TPSA) is 97.8 Å². The standard InChI is InChI=1S/C18H17N3O5S3/c22-17(12-3-1-5-21(12)29(23,24)16-4-2-8-27-16)20-18-19-11-9-13-14(10-15(11)28-18)26-7-6-25-13/h2,4,8-10,12H,1,3,5-7H2,(H,19,20,22)/t12-/m0/s1. The van der Waals surface area contributed by atoms with Crippen LogP contribution in [-0.2, 0) is 14.8 Å². The monoisotopic (exact) mass is 451 g/mol. The number of hydrogen-bond donors (Lipinski definition) is 1. The third kappa shape index (κ3) is 3.37. The summed E-state index contributed by atoms with van der Waals surface area (Å²) in [6.45, 7) is 1.32. The smallest absolute Gasteiger partial charge is 0.253 e. The Bertz CT molecular complexity index is 1130. The number of thiophene rings is 1. The Morgan fingerprint density at radius 3 is 2.79 bits per heavy atom. The van der Waals surface area contributed by atoms with Crippen molar-refractivity contribution in [1.29, 1.82) is 0 Å². The molecule has 152 valence electrons. The molecule has 1 N–H and O–H groups in total. The molecule has 8 nitrogen and oxygen atoms in total. The summed E-state index contributed by atoms with van der Waals surface area (Å²) < 4.78 is 39.3. The van der Waals surface area contributed by atoms with Crippen LogP contribution in [0.5, 0.6) is 11.5 Å². The number of amides is 1. The number of benzene rings is 1. The first-order chi connectivity index (χ1) is 14.0. The van der Waals surface area contributed by atoms with Gasteiger partial charge >= 0.3 is 0 Å². The number of anilines is 1. The van der Waals surface area contributed by atoms with E-state index in [2.05, 4.69) is 10.3 Å². The maximum atomic E-state index is 12.9. The normalized spacial score (nSPS) is 19.5. The molecule has 1 fully saturated rings. The highest BCUT2D eigenvalue weighted by molar-refractivity contribution is 7.91. The van der Waals surface area contributed by atoms with Crippen LogP contribution in [-0.4, -0.2) is 49.4 Å². The van der Waals surface area contributed by atoms with E-state index in [-0.39, 0.29) is 10.1 Å². The number of nitrogens with one attached hydrogen (secondary N) is 1. The van der Waals surface area contributed by atoms with E-state index in [4.69, 9.17) is 9.47 Å². The van der Waals surface area contributed by atoms with Crippen LogP contribution in [0.4, 0.5) is 5.13 Å². The molecule has 29 heavy (non-hydrogen) atoms. The van der Waals surface area contributed by atoms with E-state index in [1.54, 1.807) is 23.6 Å². The fourth-order valence-corrected chi connectivity index (χ4v) is 7.18. The van der Waals surface area contributed by atoms with Crippen LogP contribution in [0.1, 0.15) is 12.8 Å². The quantitative estimate of drug-likeness (QED) is 0.655. The molecule has 1 amide bonds. The Hall–Kier alpha value is -2.21. The van der Waals surface area contributed by atoms with Crippen LogP contribution < -0.4 is 14.8 Å². The summed E-state index contributed by atoms with van der Waals surface area (Å²) in [4.78, 5) is 17.3. The van der Waals surface area contributed by atoms with Gasteiger partial charge in [-0.1, -0.05) is 17.4 Å². The fraction of sp³-hybridized carbons (Fsp3) is 0.333. The number of carbonyl (C=O) groups is 1. The van der Waals surface area contributed by atoms with Crippen molar-refractivity contribution in [3.05, 3.63) is 29.6 Å². The molecule has 0 unspecified atom stereocenters. The maximum Gasteiger partial charge on any atom is 0.253 e. The molecule has 2 aromatic heterocycles. The van der Waals surface area contributed by atoms with E-state index >= 15 is 0 Å². The second kappa shape index (κ2) is 7.24. The fourth-order valence-electron chi connectivity index (χ4n) is 3.52. The van der Waals surface area contributed by atoms with E-state index in [0.29, 0.717) is 54.7 Å². The zero-order chi connectivity index (χ0) is 20.0. The maximum absolute atomic E-state index is 12.9. The molecule has 0 radical (unpaired) electrons. The Morgan fingerprint density at radius 1 is 1.24 bits per heavy atom. The van der Waals surface area contributed by atoms with Crippen LogP contribution in [0.2, 0.25) is 0 Å². The van der Waals surface area contributed by atoms with Gasteiger partial charge in [-0.2, -0.15) is 4.31 Å². The van der Waals surface area contributed by atoms with Crippen LogP contribution in [0.3, 0.4) is 0 Å². The van der Waals surface area contributed by atoms with Gasteiger partial charge in [0.1, 0.15) is 23.5 Å². The molecule has 2 aliphatic heterocycles. The highest BCUT2D eigenvalue weighted by atomic mass is 32.2. The van der Waals surface area contributed by atoms with Crippen LogP contribution in [0, 0.1) is 0 Å². The lowest BCUT2D eigenvalue weighted by molar-refractivity contribution is -0.119. The number of sulfonamides is 1. The van der Waals surface area contributed by atoms with Gasteiger partial charge in [0.25, 0.3) is 10.0 Å². The molecular formula is C18H17N3O5S3. The molecule has 1 aromatic carbocycles. The van der Waals surface area contributed by atoms with Crippen molar-refractivity contribution < 1.29 is 22.7 Å². The van der Waals surface area contributed by atoms with Gasteiger partial charge in [0.2, 0.25) is 5.91 Å². The minimum atomic E-state index is -3.68. The summed E-state index contributed by atoms with van der Waals surface area (Å²) in [6, 6.07) is 6.15. The lowest BCUT2D eigenvalue weighted by Crippen LogP contribution is -2.42. The first-order valence-electron chi connectivity index (χ1n) is 9.09. The van der Waals surface area contributed by atoms with Crippen molar-refractivity contribution in [2.75, 3.05) is 25.1 Å². The molecule has 0 spiro atoms. The number of fused-ring (bicyclic) bond motifs is 2. The number of hydrogen-bond acceptors (Lipinski definition) is 8. The van der Waals surface area contributed by atoms with Crippen molar-refractivity contribution in [2.45, 2.75) is 23.1 Å². The summed E-state index contributed by atoms with van der Waals surface area (Å²) in [5.74, 6) is 0.934. The number of aromatic nitrogens is 1. The van der Waals surface area contributed by atoms with Gasteiger partial charge in [-0.3, -0.25) is 4.79 Å². The Labute approximate surface area is 175 Å². The second-order valence-electron chi connectivity index (χ2n) is 6.68. The zero-order valence-corrected chi connectivity index (χ0v) is 17.6. The lowest BCUT2D eigenvalue weighted by atomic mass is 10.2. The lowest BCUT2D eigenvalue weighted by Gasteiger charge is -2.22. The molecule has 5 rings (SSSR count). The molecule has 11 heteroatoms. The first kappa shape index (κ1) is 18.8. The SMILES string of the molecule is O=C(Nc1nc2cc3c(cc2s1)OCCO3)[C@@H]1CCCN1S(=O)(=O)c1cccs1. The number of thiazole rings is 1. The molecule has 2 aliphatic rings. The number of ether oxygens (including phenoxy) is 2. The molecular weight excluding hydrogens is 434 g/mol. The largest absolute Gasteiger partial charge is 0.486 e. The van der Waals surface area contributed by atoms with Crippen molar-refractivity contribution in [3.63, 3.8) is 0 Å². The van der Waals surface area contributed by atoms with Crippen molar-refractivity contribution in [3.8, 4) is 11.5 Å². The molecule has 0 aliphatic carbocycles. The predicted octanol–water partition coefficient (Wildman–Crippen LogP) is 2.92. The summed E-state index contributed by atoms with van der Waals surface area (Å²) in [7, 11) is -3.68. The average molecular weight is 452 g/mol. The van der Waals surface area contributed by atoms with Gasteiger partial charge in [-0.15, -0.1) is 11.3 Å². The third-order valence-electron chi connectivity index (χ3n) is 4.85. The van der Waals surface area contributed by atoms with Crippen molar-refractivity contribution in [2.24, 2.45) is 0 Å². The van der Waals surface area contributed by atoms with E-state index in [9.17, 15) is 13.2 Å². The molecule has 1 saturated heterocycles. The number of carbonyl (C=O) groups excluding carboxylic acids is 1. The van der Waals surface area contributed by atoms with Crippen LogP contribution >= 0.6 is 22.7 Å². The first-order valence-corrected chi connectivity index (χ1v) is 12.2. The van der Waals surface area contributed by atoms with Crippen LogP contribution in [0.25, 0.3) is 10.2 Å². The molecule has 0 bridgehead atoms.